The van der Waals surface area contributed by atoms with Crippen LogP contribution < -0.4 is 15.4 Å². The molecule has 3 N–H and O–H groups in total. The maximum Gasteiger partial charge on any atom is 0.237 e. The zero-order valence-electron chi connectivity index (χ0n) is 15.5. The number of H-pyrrole nitrogens is 1. The average Bonchev–Trinajstić information content (AvgIpc) is 3.13. The molecule has 1 unspecified atom stereocenters. The van der Waals surface area contributed by atoms with Crippen molar-refractivity contribution in [3.8, 4) is 5.75 Å². The molecule has 1 saturated heterocycles. The summed E-state index contributed by atoms with van der Waals surface area (Å²) in [5.41, 5.74) is 3.57. The number of ether oxygens (including phenoxy) is 1. The highest BCUT2D eigenvalue weighted by molar-refractivity contribution is 5.84. The summed E-state index contributed by atoms with van der Waals surface area (Å²) < 4.78 is 5.40. The van der Waals surface area contributed by atoms with Crippen LogP contribution in [-0.4, -0.2) is 37.1 Å². The summed E-state index contributed by atoms with van der Waals surface area (Å²) in [6.07, 6.45) is 3.86. The second kappa shape index (κ2) is 7.84. The second-order valence-corrected chi connectivity index (χ2v) is 7.00. The summed E-state index contributed by atoms with van der Waals surface area (Å²) in [4.78, 5) is 15.9. The maximum absolute atomic E-state index is 12.5. The van der Waals surface area contributed by atoms with Gasteiger partial charge in [-0.05, 0) is 42.2 Å². The van der Waals surface area contributed by atoms with Crippen LogP contribution in [0.1, 0.15) is 23.5 Å². The Morgan fingerprint density at radius 1 is 1.15 bits per heavy atom. The number of benzene rings is 2. The number of carbonyl (C=O) groups is 1. The predicted octanol–water partition coefficient (Wildman–Crippen LogP) is 2.98. The lowest BCUT2D eigenvalue weighted by Gasteiger charge is -2.31. The first-order valence-electron chi connectivity index (χ1n) is 9.46. The van der Waals surface area contributed by atoms with Crippen molar-refractivity contribution in [3.05, 3.63) is 65.9 Å². The van der Waals surface area contributed by atoms with E-state index in [4.69, 9.17) is 4.74 Å². The van der Waals surface area contributed by atoms with Crippen LogP contribution in [0.4, 0.5) is 0 Å². The maximum atomic E-state index is 12.5. The molecule has 2 atom stereocenters. The number of carbonyl (C=O) groups excluding carboxylic acids is 1. The van der Waals surface area contributed by atoms with Gasteiger partial charge in [-0.3, -0.25) is 4.79 Å². The van der Waals surface area contributed by atoms with Gasteiger partial charge in [0, 0.05) is 36.1 Å². The van der Waals surface area contributed by atoms with Gasteiger partial charge in [-0.25, -0.2) is 0 Å². The third-order valence-electron chi connectivity index (χ3n) is 5.39. The van der Waals surface area contributed by atoms with Crippen LogP contribution in [0.25, 0.3) is 10.9 Å². The number of aromatic amines is 1. The molecule has 0 bridgehead atoms. The summed E-state index contributed by atoms with van der Waals surface area (Å²) in [5.74, 6) is 0.975. The first-order chi connectivity index (χ1) is 13.3. The lowest BCUT2D eigenvalue weighted by Crippen LogP contribution is -2.55. The molecule has 1 aliphatic heterocycles. The quantitative estimate of drug-likeness (QED) is 0.631. The predicted molar refractivity (Wildman–Crippen MR) is 107 cm³/mol. The SMILES string of the molecule is COc1cccc(C(CCc2c[nH]c3ccccc23)[C@@H]2NCCNC2=O)c1. The first-order valence-corrected chi connectivity index (χ1v) is 9.46. The molecule has 2 heterocycles. The molecule has 3 aromatic rings. The standard InChI is InChI=1S/C22H25N3O2/c1-27-17-6-4-5-15(13-17)19(21-22(26)24-12-11-23-21)10-9-16-14-25-20-8-3-2-7-18(16)20/h2-8,13-14,19,21,23,25H,9-12H2,1H3,(H,24,26)/t19?,21-/m0/s1. The van der Waals surface area contributed by atoms with Crippen molar-refractivity contribution in [2.75, 3.05) is 20.2 Å². The van der Waals surface area contributed by atoms with Gasteiger partial charge in [0.1, 0.15) is 5.75 Å². The van der Waals surface area contributed by atoms with Crippen molar-refractivity contribution in [1.82, 2.24) is 15.6 Å². The van der Waals surface area contributed by atoms with Gasteiger partial charge in [0.05, 0.1) is 13.2 Å². The van der Waals surface area contributed by atoms with Crippen LogP contribution in [-0.2, 0) is 11.2 Å². The summed E-state index contributed by atoms with van der Waals surface area (Å²) in [6.45, 7) is 1.48. The van der Waals surface area contributed by atoms with E-state index >= 15 is 0 Å². The van der Waals surface area contributed by atoms with E-state index in [0.717, 1.165) is 36.2 Å². The van der Waals surface area contributed by atoms with E-state index in [-0.39, 0.29) is 17.9 Å². The number of piperazine rings is 1. The Hall–Kier alpha value is -2.79. The van der Waals surface area contributed by atoms with E-state index in [0.29, 0.717) is 6.54 Å². The highest BCUT2D eigenvalue weighted by Gasteiger charge is 2.31. The van der Waals surface area contributed by atoms with Crippen molar-refractivity contribution in [3.63, 3.8) is 0 Å². The summed E-state index contributed by atoms with van der Waals surface area (Å²) >= 11 is 0. The van der Waals surface area contributed by atoms with Crippen molar-refractivity contribution < 1.29 is 9.53 Å². The van der Waals surface area contributed by atoms with Crippen molar-refractivity contribution in [2.24, 2.45) is 0 Å². The minimum Gasteiger partial charge on any atom is -0.497 e. The number of aryl methyl sites for hydroxylation is 1. The number of nitrogens with one attached hydrogen (secondary N) is 3. The number of para-hydroxylation sites is 1. The molecule has 0 saturated carbocycles. The molecule has 1 aromatic heterocycles. The topological polar surface area (TPSA) is 66.2 Å². The zero-order valence-corrected chi connectivity index (χ0v) is 15.5. The molecule has 0 spiro atoms. The second-order valence-electron chi connectivity index (χ2n) is 7.00. The van der Waals surface area contributed by atoms with E-state index < -0.39 is 0 Å². The Balaban J connectivity index is 1.62. The molecule has 140 valence electrons. The summed E-state index contributed by atoms with van der Waals surface area (Å²) in [6, 6.07) is 16.2. The van der Waals surface area contributed by atoms with Crippen molar-refractivity contribution in [2.45, 2.75) is 24.8 Å². The van der Waals surface area contributed by atoms with Crippen LogP contribution in [0.15, 0.2) is 54.7 Å². The van der Waals surface area contributed by atoms with Gasteiger partial charge in [0.25, 0.3) is 0 Å². The molecular weight excluding hydrogens is 338 g/mol. The molecule has 0 radical (unpaired) electrons. The molecule has 2 aromatic carbocycles. The van der Waals surface area contributed by atoms with Crippen LogP contribution >= 0.6 is 0 Å². The minimum atomic E-state index is -0.226. The minimum absolute atomic E-state index is 0.0768. The largest absolute Gasteiger partial charge is 0.497 e. The molecule has 0 aliphatic carbocycles. The summed E-state index contributed by atoms with van der Waals surface area (Å²) in [5, 5.41) is 7.66. The van der Waals surface area contributed by atoms with E-state index in [1.54, 1.807) is 7.11 Å². The van der Waals surface area contributed by atoms with Gasteiger partial charge in [-0.1, -0.05) is 30.3 Å². The Kier molecular flexibility index (Phi) is 5.12. The number of methoxy groups -OCH3 is 1. The normalized spacial score (nSPS) is 18.3. The fourth-order valence-corrected chi connectivity index (χ4v) is 3.99. The smallest absolute Gasteiger partial charge is 0.237 e. The van der Waals surface area contributed by atoms with Gasteiger partial charge < -0.3 is 20.4 Å². The van der Waals surface area contributed by atoms with Crippen molar-refractivity contribution in [1.29, 1.82) is 0 Å². The highest BCUT2D eigenvalue weighted by atomic mass is 16.5. The molecule has 5 nitrogen and oxygen atoms in total. The molecule has 4 rings (SSSR count). The molecule has 1 amide bonds. The van der Waals surface area contributed by atoms with Gasteiger partial charge in [0.15, 0.2) is 0 Å². The van der Waals surface area contributed by atoms with E-state index in [2.05, 4.69) is 46.1 Å². The van der Waals surface area contributed by atoms with Gasteiger partial charge in [0.2, 0.25) is 5.91 Å². The van der Waals surface area contributed by atoms with Crippen molar-refractivity contribution >= 4 is 16.8 Å². The Labute approximate surface area is 159 Å². The Bertz CT molecular complexity index is 934. The van der Waals surface area contributed by atoms with Crippen LogP contribution in [0.5, 0.6) is 5.75 Å². The van der Waals surface area contributed by atoms with Gasteiger partial charge in [-0.15, -0.1) is 0 Å². The lowest BCUT2D eigenvalue weighted by atomic mass is 9.85. The molecular formula is C22H25N3O2. The number of fused-ring (bicyclic) bond motifs is 1. The first kappa shape index (κ1) is 17.6. The number of aromatic nitrogens is 1. The number of amides is 1. The van der Waals surface area contributed by atoms with Gasteiger partial charge >= 0.3 is 0 Å². The van der Waals surface area contributed by atoms with Crippen LogP contribution in [0, 0.1) is 0 Å². The number of hydrogen-bond donors (Lipinski definition) is 3. The summed E-state index contributed by atoms with van der Waals surface area (Å²) in [7, 11) is 1.67. The molecule has 1 fully saturated rings. The molecule has 5 heteroatoms. The van der Waals surface area contributed by atoms with E-state index in [1.165, 1.54) is 10.9 Å². The Morgan fingerprint density at radius 2 is 2.04 bits per heavy atom. The number of rotatable bonds is 6. The molecule has 27 heavy (non-hydrogen) atoms. The fourth-order valence-electron chi connectivity index (χ4n) is 3.99. The fraction of sp³-hybridized carbons (Fsp3) is 0.318. The molecule has 1 aliphatic rings. The van der Waals surface area contributed by atoms with E-state index in [9.17, 15) is 4.79 Å². The van der Waals surface area contributed by atoms with Crippen LogP contribution in [0.2, 0.25) is 0 Å². The number of hydrogen-bond acceptors (Lipinski definition) is 3. The average molecular weight is 363 g/mol. The van der Waals surface area contributed by atoms with Gasteiger partial charge in [-0.2, -0.15) is 0 Å². The van der Waals surface area contributed by atoms with Crippen LogP contribution in [0.3, 0.4) is 0 Å². The zero-order chi connectivity index (χ0) is 18.6. The Morgan fingerprint density at radius 3 is 2.89 bits per heavy atom. The highest BCUT2D eigenvalue weighted by Crippen LogP contribution is 2.30. The third kappa shape index (κ3) is 3.69. The third-order valence-corrected chi connectivity index (χ3v) is 5.39. The monoisotopic (exact) mass is 363 g/mol. The lowest BCUT2D eigenvalue weighted by molar-refractivity contribution is -0.124. The van der Waals surface area contributed by atoms with E-state index in [1.807, 2.05) is 24.3 Å².